The maximum atomic E-state index is 13.3. The van der Waals surface area contributed by atoms with Crippen LogP contribution in [0.1, 0.15) is 50.2 Å². The van der Waals surface area contributed by atoms with Gasteiger partial charge in [0, 0.05) is 18.5 Å². The molecule has 1 atom stereocenters. The van der Waals surface area contributed by atoms with E-state index >= 15 is 0 Å². The van der Waals surface area contributed by atoms with Gasteiger partial charge in [-0.05, 0) is 45.4 Å². The fourth-order valence-electron chi connectivity index (χ4n) is 3.76. The lowest BCUT2D eigenvalue weighted by molar-refractivity contribution is 0.439. The van der Waals surface area contributed by atoms with E-state index in [4.69, 9.17) is 5.10 Å². The van der Waals surface area contributed by atoms with Crippen molar-refractivity contribution in [3.05, 3.63) is 64.9 Å². The third kappa shape index (κ3) is 3.47. The minimum absolute atomic E-state index is 0.0988. The normalized spacial score (nSPS) is 17.5. The molecule has 2 aromatic heterocycles. The number of rotatable bonds is 5. The summed E-state index contributed by atoms with van der Waals surface area (Å²) in [7, 11) is 0. The van der Waals surface area contributed by atoms with Gasteiger partial charge < -0.3 is 9.88 Å². The highest BCUT2D eigenvalue weighted by Crippen LogP contribution is 2.23. The Labute approximate surface area is 158 Å². The molecular formula is C20H26N6O. The van der Waals surface area contributed by atoms with E-state index in [0.29, 0.717) is 6.54 Å². The third-order valence-corrected chi connectivity index (χ3v) is 5.16. The summed E-state index contributed by atoms with van der Waals surface area (Å²) in [5.41, 5.74) is 1.75. The first kappa shape index (κ1) is 17.7. The molecule has 7 heteroatoms. The smallest absolute Gasteiger partial charge is 0.330 e. The molecule has 1 saturated heterocycles. The molecule has 0 aliphatic carbocycles. The van der Waals surface area contributed by atoms with Gasteiger partial charge in [-0.1, -0.05) is 18.2 Å². The monoisotopic (exact) mass is 366 g/mol. The Morgan fingerprint density at radius 2 is 2.07 bits per heavy atom. The van der Waals surface area contributed by atoms with Gasteiger partial charge in [0.2, 0.25) is 0 Å². The number of para-hydroxylation sites is 1. The van der Waals surface area contributed by atoms with E-state index in [1.165, 1.54) is 0 Å². The largest absolute Gasteiger partial charge is 0.350 e. The molecule has 1 N–H and O–H groups in total. The van der Waals surface area contributed by atoms with Crippen LogP contribution in [0, 0.1) is 0 Å². The molecular weight excluding hydrogens is 340 g/mol. The first-order chi connectivity index (χ1) is 13.1. The Hall–Kier alpha value is -2.67. The van der Waals surface area contributed by atoms with Gasteiger partial charge in [-0.3, -0.25) is 0 Å². The Morgan fingerprint density at radius 3 is 2.78 bits per heavy atom. The lowest BCUT2D eigenvalue weighted by Crippen LogP contribution is -2.31. The molecule has 1 unspecified atom stereocenters. The van der Waals surface area contributed by atoms with Crippen LogP contribution in [0.4, 0.5) is 0 Å². The number of hydrogen-bond acceptors (Lipinski definition) is 4. The molecule has 3 aromatic rings. The Balaban J connectivity index is 1.78. The van der Waals surface area contributed by atoms with Crippen LogP contribution in [0.15, 0.2) is 47.7 Å². The maximum Gasteiger partial charge on any atom is 0.350 e. The van der Waals surface area contributed by atoms with Crippen molar-refractivity contribution >= 4 is 0 Å². The van der Waals surface area contributed by atoms with Crippen LogP contribution in [-0.4, -0.2) is 37.0 Å². The first-order valence-corrected chi connectivity index (χ1v) is 9.61. The molecule has 0 amide bonds. The number of benzene rings is 1. The second kappa shape index (κ2) is 7.52. The van der Waals surface area contributed by atoms with E-state index in [1.54, 1.807) is 9.25 Å². The van der Waals surface area contributed by atoms with Crippen LogP contribution in [0.2, 0.25) is 0 Å². The summed E-state index contributed by atoms with van der Waals surface area (Å²) in [6, 6.07) is 10.1. The Morgan fingerprint density at radius 1 is 1.26 bits per heavy atom. The van der Waals surface area contributed by atoms with Crippen molar-refractivity contribution in [2.45, 2.75) is 45.2 Å². The van der Waals surface area contributed by atoms with Crippen LogP contribution in [0.3, 0.4) is 0 Å². The van der Waals surface area contributed by atoms with Gasteiger partial charge in [0.25, 0.3) is 0 Å². The van der Waals surface area contributed by atoms with Crippen LogP contribution in [0.25, 0.3) is 5.69 Å². The first-order valence-electron chi connectivity index (χ1n) is 9.61. The number of nitrogens with one attached hydrogen (secondary N) is 1. The highest BCUT2D eigenvalue weighted by atomic mass is 16.2. The third-order valence-electron chi connectivity index (χ3n) is 5.16. The average molecular weight is 366 g/mol. The molecule has 7 nitrogen and oxygen atoms in total. The summed E-state index contributed by atoms with van der Waals surface area (Å²) < 4.78 is 5.43. The lowest BCUT2D eigenvalue weighted by atomic mass is 9.99. The summed E-state index contributed by atoms with van der Waals surface area (Å²) in [5.74, 6) is 1.08. The Kier molecular flexibility index (Phi) is 4.94. The SMILES string of the molecule is CC(C)n1cncc1Cn1nc(C2CCCNC2)n(-c2ccccc2)c1=O. The lowest BCUT2D eigenvalue weighted by Gasteiger charge is -2.22. The minimum Gasteiger partial charge on any atom is -0.330 e. The van der Waals surface area contributed by atoms with Gasteiger partial charge in [-0.15, -0.1) is 0 Å². The molecule has 1 aromatic carbocycles. The van der Waals surface area contributed by atoms with E-state index in [9.17, 15) is 4.79 Å². The van der Waals surface area contributed by atoms with Crippen molar-refractivity contribution in [2.75, 3.05) is 13.1 Å². The van der Waals surface area contributed by atoms with Crippen molar-refractivity contribution in [2.24, 2.45) is 0 Å². The van der Waals surface area contributed by atoms with Crippen LogP contribution < -0.4 is 11.0 Å². The van der Waals surface area contributed by atoms with Crippen molar-refractivity contribution in [1.82, 2.24) is 29.2 Å². The predicted octanol–water partition coefficient (Wildman–Crippen LogP) is 2.33. The second-order valence-corrected chi connectivity index (χ2v) is 7.40. The standard InChI is InChI=1S/C20H26N6O/c1-15(2)24-14-22-12-18(24)13-25-20(27)26(17-8-4-3-5-9-17)19(23-25)16-7-6-10-21-11-16/h3-5,8-9,12,14-16,21H,6-7,10-11,13H2,1-2H3. The molecule has 0 saturated carbocycles. The second-order valence-electron chi connectivity index (χ2n) is 7.40. The number of aromatic nitrogens is 5. The zero-order valence-electron chi connectivity index (χ0n) is 15.9. The van der Waals surface area contributed by atoms with Crippen molar-refractivity contribution in [3.63, 3.8) is 0 Å². The summed E-state index contributed by atoms with van der Waals surface area (Å²) in [6.07, 6.45) is 5.77. The molecule has 0 radical (unpaired) electrons. The molecule has 4 rings (SSSR count). The minimum atomic E-state index is -0.0988. The molecule has 1 fully saturated rings. The molecule has 27 heavy (non-hydrogen) atoms. The Bertz CT molecular complexity index is 947. The number of nitrogens with zero attached hydrogens (tertiary/aromatic N) is 5. The highest BCUT2D eigenvalue weighted by molar-refractivity contribution is 5.33. The zero-order valence-corrected chi connectivity index (χ0v) is 15.9. The van der Waals surface area contributed by atoms with E-state index in [1.807, 2.05) is 42.9 Å². The molecule has 142 valence electrons. The van der Waals surface area contributed by atoms with Gasteiger partial charge in [0.1, 0.15) is 5.82 Å². The predicted molar refractivity (Wildman–Crippen MR) is 104 cm³/mol. The van der Waals surface area contributed by atoms with E-state index < -0.39 is 0 Å². The van der Waals surface area contributed by atoms with Crippen LogP contribution >= 0.6 is 0 Å². The van der Waals surface area contributed by atoms with Crippen molar-refractivity contribution in [1.29, 1.82) is 0 Å². The van der Waals surface area contributed by atoms with Crippen LogP contribution in [0.5, 0.6) is 0 Å². The van der Waals surface area contributed by atoms with Crippen molar-refractivity contribution < 1.29 is 0 Å². The zero-order chi connectivity index (χ0) is 18.8. The van der Waals surface area contributed by atoms with Gasteiger partial charge in [0.15, 0.2) is 0 Å². The topological polar surface area (TPSA) is 69.7 Å². The number of hydrogen-bond donors (Lipinski definition) is 1. The fraction of sp³-hybridized carbons (Fsp3) is 0.450. The van der Waals surface area contributed by atoms with Gasteiger partial charge >= 0.3 is 5.69 Å². The molecule has 1 aliphatic rings. The van der Waals surface area contributed by atoms with E-state index in [2.05, 4.69) is 28.7 Å². The molecule has 0 spiro atoms. The molecule has 3 heterocycles. The maximum absolute atomic E-state index is 13.3. The summed E-state index contributed by atoms with van der Waals surface area (Å²) in [5, 5.41) is 8.20. The summed E-state index contributed by atoms with van der Waals surface area (Å²) >= 11 is 0. The van der Waals surface area contributed by atoms with E-state index in [0.717, 1.165) is 43.1 Å². The molecule has 0 bridgehead atoms. The highest BCUT2D eigenvalue weighted by Gasteiger charge is 2.25. The molecule has 1 aliphatic heterocycles. The van der Waals surface area contributed by atoms with Gasteiger partial charge in [-0.2, -0.15) is 5.10 Å². The fourth-order valence-corrected chi connectivity index (χ4v) is 3.76. The van der Waals surface area contributed by atoms with Crippen LogP contribution in [-0.2, 0) is 6.54 Å². The summed E-state index contributed by atoms with van der Waals surface area (Å²) in [4.78, 5) is 17.5. The number of piperidine rings is 1. The van der Waals surface area contributed by atoms with Gasteiger partial charge in [0.05, 0.1) is 30.5 Å². The van der Waals surface area contributed by atoms with E-state index in [-0.39, 0.29) is 17.6 Å². The number of imidazole rings is 1. The van der Waals surface area contributed by atoms with Gasteiger partial charge in [-0.25, -0.2) is 19.0 Å². The average Bonchev–Trinajstić information content (AvgIpc) is 3.29. The van der Waals surface area contributed by atoms with Crippen molar-refractivity contribution in [3.8, 4) is 5.69 Å². The summed E-state index contributed by atoms with van der Waals surface area (Å²) in [6.45, 7) is 6.52. The quantitative estimate of drug-likeness (QED) is 0.752.